The molecule has 0 saturated heterocycles. The molecule has 0 aliphatic carbocycles. The highest BCUT2D eigenvalue weighted by Crippen LogP contribution is 2.28. The third-order valence-electron chi connectivity index (χ3n) is 3.19. The lowest BCUT2D eigenvalue weighted by molar-refractivity contribution is 0.0691. The number of aryl methyl sites for hydroxylation is 3. The lowest BCUT2D eigenvalue weighted by atomic mass is 10.1. The highest BCUT2D eigenvalue weighted by atomic mass is 32.2. The minimum atomic E-state index is -1.07. The second-order valence-corrected chi connectivity index (χ2v) is 5.46. The Morgan fingerprint density at radius 3 is 2.60 bits per heavy atom. The predicted molar refractivity (Wildman–Crippen MR) is 77.0 cm³/mol. The summed E-state index contributed by atoms with van der Waals surface area (Å²) in [5, 5.41) is 21.4. The summed E-state index contributed by atoms with van der Waals surface area (Å²) in [6.45, 7) is 4.39. The van der Waals surface area contributed by atoms with Gasteiger partial charge >= 0.3 is 5.97 Å². The quantitative estimate of drug-likeness (QED) is 0.896. The minimum Gasteiger partial charge on any atom is -0.476 e. The van der Waals surface area contributed by atoms with Crippen LogP contribution in [0, 0.1) is 13.8 Å². The van der Waals surface area contributed by atoms with E-state index in [0.717, 1.165) is 22.7 Å². The van der Waals surface area contributed by atoms with Crippen LogP contribution in [0.4, 0.5) is 0 Å². The van der Waals surface area contributed by atoms with Crippen LogP contribution in [0.3, 0.4) is 0 Å². The van der Waals surface area contributed by atoms with Crippen LogP contribution in [-0.2, 0) is 13.6 Å². The molecule has 0 aliphatic heterocycles. The van der Waals surface area contributed by atoms with Gasteiger partial charge in [-0.3, -0.25) is 4.68 Å². The number of carbonyl (C=O) groups is 1. The van der Waals surface area contributed by atoms with Crippen LogP contribution in [0.25, 0.3) is 11.3 Å². The minimum absolute atomic E-state index is 0.0229. The third kappa shape index (κ3) is 2.43. The predicted octanol–water partition coefficient (Wildman–Crippen LogP) is 1.36. The second-order valence-electron chi connectivity index (χ2n) is 4.48. The van der Waals surface area contributed by atoms with E-state index in [2.05, 4.69) is 15.4 Å². The van der Waals surface area contributed by atoms with Crippen molar-refractivity contribution in [2.24, 2.45) is 7.05 Å². The molecule has 108 valence electrons. The Balaban J connectivity index is 2.63. The van der Waals surface area contributed by atoms with Gasteiger partial charge in [-0.25, -0.2) is 9.48 Å². The Kier molecular flexibility index (Phi) is 4.12. The number of hydrogen-bond donors (Lipinski definition) is 1. The molecule has 0 fully saturated rings. The van der Waals surface area contributed by atoms with Gasteiger partial charge in [0.15, 0.2) is 5.69 Å². The van der Waals surface area contributed by atoms with Crippen LogP contribution < -0.4 is 0 Å². The monoisotopic (exact) mass is 295 g/mol. The number of thioether (sulfide) groups is 1. The average molecular weight is 295 g/mol. The molecule has 7 nitrogen and oxygen atoms in total. The maximum atomic E-state index is 11.4. The molecule has 0 unspecified atom stereocenters. The van der Waals surface area contributed by atoms with Gasteiger partial charge in [-0.2, -0.15) is 16.9 Å². The molecule has 1 N–H and O–H groups in total. The van der Waals surface area contributed by atoms with Gasteiger partial charge < -0.3 is 5.11 Å². The van der Waals surface area contributed by atoms with E-state index in [1.165, 1.54) is 0 Å². The summed E-state index contributed by atoms with van der Waals surface area (Å²) in [4.78, 5) is 11.4. The van der Waals surface area contributed by atoms with Gasteiger partial charge in [-0.1, -0.05) is 5.21 Å². The van der Waals surface area contributed by atoms with Crippen molar-refractivity contribution in [2.75, 3.05) is 12.0 Å². The van der Waals surface area contributed by atoms with Crippen molar-refractivity contribution in [1.29, 1.82) is 0 Å². The maximum absolute atomic E-state index is 11.4. The highest BCUT2D eigenvalue weighted by molar-refractivity contribution is 7.98. The standard InChI is InChI=1S/C12H17N5O2S/c1-7-9(8(2)16(3)14-7)11-10(12(18)19)13-15-17(11)5-6-20-4/h5-6H2,1-4H3,(H,18,19). The van der Waals surface area contributed by atoms with Crippen LogP contribution in [0.1, 0.15) is 21.9 Å². The number of aromatic carboxylic acids is 1. The van der Waals surface area contributed by atoms with Crippen molar-refractivity contribution in [3.8, 4) is 11.3 Å². The van der Waals surface area contributed by atoms with Crippen molar-refractivity contribution in [3.63, 3.8) is 0 Å². The Labute approximate surface area is 121 Å². The molecule has 0 saturated carbocycles. The molecule has 8 heteroatoms. The molecule has 0 aliphatic rings. The molecule has 2 rings (SSSR count). The first-order valence-corrected chi connectivity index (χ1v) is 7.53. The van der Waals surface area contributed by atoms with Crippen LogP contribution >= 0.6 is 11.8 Å². The topological polar surface area (TPSA) is 85.8 Å². The fraction of sp³-hybridized carbons (Fsp3) is 0.500. The summed E-state index contributed by atoms with van der Waals surface area (Å²) < 4.78 is 3.39. The zero-order valence-corrected chi connectivity index (χ0v) is 12.7. The Morgan fingerprint density at radius 2 is 2.10 bits per heavy atom. The van der Waals surface area contributed by atoms with Gasteiger partial charge in [-0.05, 0) is 20.1 Å². The molecule has 0 aromatic carbocycles. The van der Waals surface area contributed by atoms with Crippen molar-refractivity contribution in [3.05, 3.63) is 17.1 Å². The molecular formula is C12H17N5O2S. The molecule has 0 spiro atoms. The van der Waals surface area contributed by atoms with E-state index >= 15 is 0 Å². The molecule has 0 amide bonds. The number of carboxylic acid groups (broad SMARTS) is 1. The SMILES string of the molecule is CSCCn1nnc(C(=O)O)c1-c1c(C)nn(C)c1C. The zero-order valence-electron chi connectivity index (χ0n) is 11.9. The second kappa shape index (κ2) is 5.66. The van der Waals surface area contributed by atoms with Crippen molar-refractivity contribution in [1.82, 2.24) is 24.8 Å². The maximum Gasteiger partial charge on any atom is 0.358 e. The summed E-state index contributed by atoms with van der Waals surface area (Å²) in [7, 11) is 1.84. The number of hydrogen-bond acceptors (Lipinski definition) is 5. The van der Waals surface area contributed by atoms with Crippen LogP contribution in [0.2, 0.25) is 0 Å². The van der Waals surface area contributed by atoms with Crippen LogP contribution in [-0.4, -0.2) is 47.9 Å². The number of rotatable bonds is 5. The Morgan fingerprint density at radius 1 is 1.40 bits per heavy atom. The smallest absolute Gasteiger partial charge is 0.358 e. The van der Waals surface area contributed by atoms with Gasteiger partial charge in [-0.15, -0.1) is 5.10 Å². The Hall–Kier alpha value is -1.83. The first-order chi connectivity index (χ1) is 9.47. The van der Waals surface area contributed by atoms with Crippen molar-refractivity contribution < 1.29 is 9.90 Å². The fourth-order valence-corrected chi connectivity index (χ4v) is 2.51. The number of nitrogens with zero attached hydrogens (tertiary/aromatic N) is 5. The van der Waals surface area contributed by atoms with Gasteiger partial charge in [0.2, 0.25) is 0 Å². The lowest BCUT2D eigenvalue weighted by Gasteiger charge is -2.07. The summed E-state index contributed by atoms with van der Waals surface area (Å²) in [5.41, 5.74) is 2.99. The van der Waals surface area contributed by atoms with E-state index in [-0.39, 0.29) is 5.69 Å². The zero-order chi connectivity index (χ0) is 14.9. The van der Waals surface area contributed by atoms with E-state index in [0.29, 0.717) is 12.2 Å². The summed E-state index contributed by atoms with van der Waals surface area (Å²) >= 11 is 1.67. The molecule has 2 aromatic rings. The average Bonchev–Trinajstić information content (AvgIpc) is 2.89. The van der Waals surface area contributed by atoms with Crippen LogP contribution in [0.5, 0.6) is 0 Å². The molecule has 0 bridgehead atoms. The van der Waals surface area contributed by atoms with Gasteiger partial charge in [0.25, 0.3) is 0 Å². The highest BCUT2D eigenvalue weighted by Gasteiger charge is 2.25. The molecular weight excluding hydrogens is 278 g/mol. The summed E-state index contributed by atoms with van der Waals surface area (Å²) in [5.74, 6) is -0.230. The summed E-state index contributed by atoms with van der Waals surface area (Å²) in [6.07, 6.45) is 2.00. The molecule has 2 heterocycles. The van der Waals surface area contributed by atoms with Gasteiger partial charge in [0.1, 0.15) is 5.69 Å². The van der Waals surface area contributed by atoms with E-state index in [4.69, 9.17) is 0 Å². The van der Waals surface area contributed by atoms with Gasteiger partial charge in [0.05, 0.1) is 12.2 Å². The van der Waals surface area contributed by atoms with Crippen molar-refractivity contribution >= 4 is 17.7 Å². The Bertz CT molecular complexity index is 647. The first-order valence-electron chi connectivity index (χ1n) is 6.13. The van der Waals surface area contributed by atoms with E-state index in [9.17, 15) is 9.90 Å². The number of carboxylic acids is 1. The number of aromatic nitrogens is 5. The molecule has 2 aromatic heterocycles. The lowest BCUT2D eigenvalue weighted by Crippen LogP contribution is -2.07. The normalized spacial score (nSPS) is 11.0. The van der Waals surface area contributed by atoms with Crippen molar-refractivity contribution in [2.45, 2.75) is 20.4 Å². The fourth-order valence-electron chi connectivity index (χ4n) is 2.16. The van der Waals surface area contributed by atoms with Crippen LogP contribution in [0.15, 0.2) is 0 Å². The third-order valence-corrected chi connectivity index (χ3v) is 3.78. The summed E-state index contributed by atoms with van der Waals surface area (Å²) in [6, 6.07) is 0. The first kappa shape index (κ1) is 14.6. The van der Waals surface area contributed by atoms with E-state index < -0.39 is 5.97 Å². The molecule has 0 radical (unpaired) electrons. The largest absolute Gasteiger partial charge is 0.476 e. The van der Waals surface area contributed by atoms with E-state index in [1.807, 2.05) is 27.2 Å². The van der Waals surface area contributed by atoms with Gasteiger partial charge in [0, 0.05) is 24.1 Å². The molecule has 0 atom stereocenters. The molecule has 20 heavy (non-hydrogen) atoms. The van der Waals surface area contributed by atoms with E-state index in [1.54, 1.807) is 21.1 Å².